The number of hydrogen-bond donors (Lipinski definition) is 2. The van der Waals surface area contributed by atoms with Gasteiger partial charge in [0.2, 0.25) is 0 Å². The van der Waals surface area contributed by atoms with Crippen LogP contribution in [0.2, 0.25) is 0 Å². The van der Waals surface area contributed by atoms with Gasteiger partial charge in [0, 0.05) is 14.9 Å². The molecule has 0 aliphatic heterocycles. The van der Waals surface area contributed by atoms with Crippen molar-refractivity contribution < 1.29 is 19.1 Å². The predicted octanol–water partition coefficient (Wildman–Crippen LogP) is 3.88. The zero-order valence-corrected chi connectivity index (χ0v) is 15.6. The Labute approximate surface area is 151 Å². The summed E-state index contributed by atoms with van der Waals surface area (Å²) in [6.45, 7) is 3.59. The number of thiophene rings is 1. The summed E-state index contributed by atoms with van der Waals surface area (Å²) in [5.41, 5.74) is 1.42. The molecule has 1 heterocycles. The Kier molecular flexibility index (Phi) is 5.74. The van der Waals surface area contributed by atoms with Crippen molar-refractivity contribution in [3.63, 3.8) is 0 Å². The molecular formula is C16H15BrN2O4S. The maximum absolute atomic E-state index is 12.4. The van der Waals surface area contributed by atoms with E-state index in [1.807, 2.05) is 6.92 Å². The maximum Gasteiger partial charge on any atom is 0.413 e. The molecule has 24 heavy (non-hydrogen) atoms. The van der Waals surface area contributed by atoms with Crippen LogP contribution in [0.25, 0.3) is 0 Å². The van der Waals surface area contributed by atoms with E-state index in [-0.39, 0.29) is 11.5 Å². The number of imide groups is 1. The molecule has 2 N–H and O–H groups in total. The number of rotatable bonds is 3. The van der Waals surface area contributed by atoms with E-state index in [0.717, 1.165) is 9.35 Å². The third-order valence-corrected chi connectivity index (χ3v) is 5.00. The molecular weight excluding hydrogens is 396 g/mol. The minimum Gasteiger partial charge on any atom is -0.453 e. The number of ether oxygens (including phenoxy) is 1. The van der Waals surface area contributed by atoms with Crippen LogP contribution in [-0.4, -0.2) is 25.0 Å². The smallest absolute Gasteiger partial charge is 0.413 e. The van der Waals surface area contributed by atoms with Gasteiger partial charge in [0.25, 0.3) is 11.8 Å². The van der Waals surface area contributed by atoms with Crippen molar-refractivity contribution in [2.75, 3.05) is 12.4 Å². The Hall–Kier alpha value is -2.19. The van der Waals surface area contributed by atoms with Crippen molar-refractivity contribution in [2.24, 2.45) is 0 Å². The number of nitrogens with one attached hydrogen (secondary N) is 2. The van der Waals surface area contributed by atoms with Gasteiger partial charge < -0.3 is 10.1 Å². The summed E-state index contributed by atoms with van der Waals surface area (Å²) >= 11 is 4.58. The largest absolute Gasteiger partial charge is 0.453 e. The number of benzene rings is 1. The first-order valence-corrected chi connectivity index (χ1v) is 8.50. The summed E-state index contributed by atoms with van der Waals surface area (Å²) in [6.07, 6.45) is -0.853. The van der Waals surface area contributed by atoms with Crippen LogP contribution in [0, 0.1) is 13.8 Å². The van der Waals surface area contributed by atoms with Crippen molar-refractivity contribution >= 4 is 50.2 Å². The van der Waals surface area contributed by atoms with Gasteiger partial charge in [-0.2, -0.15) is 0 Å². The number of amides is 3. The Morgan fingerprint density at radius 1 is 1.08 bits per heavy atom. The number of carbonyl (C=O) groups is 3. The van der Waals surface area contributed by atoms with E-state index in [9.17, 15) is 14.4 Å². The lowest BCUT2D eigenvalue weighted by molar-refractivity contribution is 0.0937. The van der Waals surface area contributed by atoms with Gasteiger partial charge in [0.1, 0.15) is 5.00 Å². The van der Waals surface area contributed by atoms with Crippen molar-refractivity contribution in [1.82, 2.24) is 5.32 Å². The SMILES string of the molecule is COC(=O)NC(=O)c1c(NC(=O)c2ccc(Br)cc2)sc(C)c1C. The highest BCUT2D eigenvalue weighted by Crippen LogP contribution is 2.32. The van der Waals surface area contributed by atoms with Gasteiger partial charge in [-0.25, -0.2) is 4.79 Å². The summed E-state index contributed by atoms with van der Waals surface area (Å²) in [6, 6.07) is 6.84. The normalized spacial score (nSPS) is 10.2. The van der Waals surface area contributed by atoms with Crippen molar-refractivity contribution in [1.29, 1.82) is 0 Å². The number of anilines is 1. The minimum atomic E-state index is -0.853. The number of aryl methyl sites for hydroxylation is 1. The lowest BCUT2D eigenvalue weighted by Gasteiger charge is -2.08. The zero-order chi connectivity index (χ0) is 17.9. The highest BCUT2D eigenvalue weighted by molar-refractivity contribution is 9.10. The number of carbonyl (C=O) groups excluding carboxylic acids is 3. The molecule has 0 saturated heterocycles. The Balaban J connectivity index is 2.28. The molecule has 0 spiro atoms. The van der Waals surface area contributed by atoms with Gasteiger partial charge in [-0.1, -0.05) is 15.9 Å². The van der Waals surface area contributed by atoms with E-state index in [0.29, 0.717) is 16.1 Å². The van der Waals surface area contributed by atoms with Gasteiger partial charge in [-0.05, 0) is 43.7 Å². The summed E-state index contributed by atoms with van der Waals surface area (Å²) in [4.78, 5) is 36.8. The lowest BCUT2D eigenvalue weighted by Crippen LogP contribution is -2.31. The molecule has 8 heteroatoms. The standard InChI is InChI=1S/C16H15BrN2O4S/c1-8-9(2)24-15(12(8)14(21)19-16(22)23-3)18-13(20)10-4-6-11(17)7-5-10/h4-7H,1-3H3,(H,18,20)(H,19,21,22). The molecule has 1 aromatic carbocycles. The van der Waals surface area contributed by atoms with Crippen LogP contribution in [0.15, 0.2) is 28.7 Å². The second-order valence-electron chi connectivity index (χ2n) is 4.89. The molecule has 126 valence electrons. The summed E-state index contributed by atoms with van der Waals surface area (Å²) in [5.74, 6) is -0.953. The van der Waals surface area contributed by atoms with E-state index >= 15 is 0 Å². The fourth-order valence-electron chi connectivity index (χ4n) is 1.97. The summed E-state index contributed by atoms with van der Waals surface area (Å²) in [7, 11) is 1.17. The number of methoxy groups -OCH3 is 1. The fraction of sp³-hybridized carbons (Fsp3) is 0.188. The molecule has 0 aliphatic rings. The van der Waals surface area contributed by atoms with Gasteiger partial charge in [-0.15, -0.1) is 11.3 Å². The topological polar surface area (TPSA) is 84.5 Å². The van der Waals surface area contributed by atoms with Crippen LogP contribution in [0.3, 0.4) is 0 Å². The lowest BCUT2D eigenvalue weighted by atomic mass is 10.1. The number of hydrogen-bond acceptors (Lipinski definition) is 5. The molecule has 0 unspecified atom stereocenters. The number of alkyl carbamates (subject to hydrolysis) is 1. The minimum absolute atomic E-state index is 0.258. The average molecular weight is 411 g/mol. The van der Waals surface area contributed by atoms with Crippen molar-refractivity contribution in [3.8, 4) is 0 Å². The van der Waals surface area contributed by atoms with Crippen LogP contribution in [0.1, 0.15) is 31.2 Å². The molecule has 0 aliphatic carbocycles. The molecule has 0 atom stereocenters. The molecule has 3 amide bonds. The molecule has 0 bridgehead atoms. The molecule has 0 saturated carbocycles. The second kappa shape index (κ2) is 7.59. The Morgan fingerprint density at radius 2 is 1.71 bits per heavy atom. The molecule has 0 radical (unpaired) electrons. The van der Waals surface area contributed by atoms with Gasteiger partial charge in [0.15, 0.2) is 0 Å². The van der Waals surface area contributed by atoms with E-state index in [2.05, 4.69) is 31.3 Å². The fourth-order valence-corrected chi connectivity index (χ4v) is 3.29. The predicted molar refractivity (Wildman–Crippen MR) is 95.8 cm³/mol. The summed E-state index contributed by atoms with van der Waals surface area (Å²) in [5, 5.41) is 5.23. The van der Waals surface area contributed by atoms with Crippen LogP contribution in [0.5, 0.6) is 0 Å². The first-order valence-electron chi connectivity index (χ1n) is 6.89. The summed E-state index contributed by atoms with van der Waals surface area (Å²) < 4.78 is 5.29. The van der Waals surface area contributed by atoms with Crippen LogP contribution in [-0.2, 0) is 4.74 Å². The molecule has 2 rings (SSSR count). The first kappa shape index (κ1) is 18.2. The highest BCUT2D eigenvalue weighted by Gasteiger charge is 2.23. The quantitative estimate of drug-likeness (QED) is 0.803. The van der Waals surface area contributed by atoms with Crippen molar-refractivity contribution in [3.05, 3.63) is 50.3 Å². The maximum atomic E-state index is 12.4. The van der Waals surface area contributed by atoms with Crippen LogP contribution < -0.4 is 10.6 Å². The second-order valence-corrected chi connectivity index (χ2v) is 7.03. The highest BCUT2D eigenvalue weighted by atomic mass is 79.9. The Morgan fingerprint density at radius 3 is 2.29 bits per heavy atom. The van der Waals surface area contributed by atoms with Crippen LogP contribution >= 0.6 is 27.3 Å². The molecule has 0 fully saturated rings. The first-order chi connectivity index (χ1) is 11.3. The van der Waals surface area contributed by atoms with E-state index in [1.54, 1.807) is 31.2 Å². The molecule has 2 aromatic rings. The van der Waals surface area contributed by atoms with E-state index in [4.69, 9.17) is 0 Å². The van der Waals surface area contributed by atoms with E-state index < -0.39 is 12.0 Å². The van der Waals surface area contributed by atoms with Crippen LogP contribution in [0.4, 0.5) is 9.80 Å². The monoisotopic (exact) mass is 410 g/mol. The van der Waals surface area contributed by atoms with Gasteiger partial charge >= 0.3 is 6.09 Å². The van der Waals surface area contributed by atoms with Gasteiger partial charge in [-0.3, -0.25) is 14.9 Å². The third-order valence-electron chi connectivity index (χ3n) is 3.35. The van der Waals surface area contributed by atoms with E-state index in [1.165, 1.54) is 18.4 Å². The molecule has 1 aromatic heterocycles. The number of halogens is 1. The van der Waals surface area contributed by atoms with Gasteiger partial charge in [0.05, 0.1) is 12.7 Å². The zero-order valence-electron chi connectivity index (χ0n) is 13.2. The third kappa shape index (κ3) is 4.01. The molecule has 6 nitrogen and oxygen atoms in total. The van der Waals surface area contributed by atoms with Crippen molar-refractivity contribution in [2.45, 2.75) is 13.8 Å². The Bertz CT molecular complexity index is 799. The average Bonchev–Trinajstić information content (AvgIpc) is 2.82.